The number of hydrogen-bond donors (Lipinski definition) is 1. The van der Waals surface area contributed by atoms with Gasteiger partial charge in [-0.15, -0.1) is 0 Å². The molecule has 0 amide bonds. The molecule has 0 aliphatic rings. The van der Waals surface area contributed by atoms with E-state index in [-0.39, 0.29) is 11.6 Å². The Bertz CT molecular complexity index is 495. The molecule has 0 fully saturated rings. The van der Waals surface area contributed by atoms with Crippen LogP contribution in [0.1, 0.15) is 18.9 Å². The van der Waals surface area contributed by atoms with Gasteiger partial charge in [0.25, 0.3) is 0 Å². The Morgan fingerprint density at radius 2 is 2.13 bits per heavy atom. The van der Waals surface area contributed by atoms with Crippen LogP contribution < -0.4 is 0 Å². The fourth-order valence-corrected chi connectivity index (χ4v) is 1.34. The summed E-state index contributed by atoms with van der Waals surface area (Å²) in [5.41, 5.74) is 0.474. The molecule has 0 spiro atoms. The molecule has 15 heavy (non-hydrogen) atoms. The molecule has 0 saturated carbocycles. The molecule has 1 aromatic carbocycles. The number of halogens is 2. The standard InChI is InChI=1S/C10H10F2N2O/c1-5(15-2)10-13-7-4-3-6(11)8(12)9(7)14-10/h3-5H,1-2H3,(H,13,14). The monoisotopic (exact) mass is 212 g/mol. The quantitative estimate of drug-likeness (QED) is 0.830. The van der Waals surface area contributed by atoms with Crippen LogP contribution in [0.5, 0.6) is 0 Å². The summed E-state index contributed by atoms with van der Waals surface area (Å²) in [6.45, 7) is 1.77. The van der Waals surface area contributed by atoms with Gasteiger partial charge in [0, 0.05) is 7.11 Å². The van der Waals surface area contributed by atoms with Crippen molar-refractivity contribution >= 4 is 11.0 Å². The molecule has 1 atom stereocenters. The molecule has 1 N–H and O–H groups in total. The maximum Gasteiger partial charge on any atom is 0.186 e. The highest BCUT2D eigenvalue weighted by molar-refractivity contribution is 5.75. The smallest absolute Gasteiger partial charge is 0.186 e. The summed E-state index contributed by atoms with van der Waals surface area (Å²) in [5.74, 6) is -1.35. The minimum absolute atomic E-state index is 0.00824. The van der Waals surface area contributed by atoms with Crippen molar-refractivity contribution in [3.63, 3.8) is 0 Å². The molecule has 1 heterocycles. The van der Waals surface area contributed by atoms with E-state index in [1.54, 1.807) is 6.92 Å². The van der Waals surface area contributed by atoms with Gasteiger partial charge in [-0.1, -0.05) is 0 Å². The Kier molecular flexibility index (Phi) is 2.40. The third kappa shape index (κ3) is 1.59. The first-order valence-corrected chi connectivity index (χ1v) is 4.50. The number of ether oxygens (including phenoxy) is 1. The summed E-state index contributed by atoms with van der Waals surface area (Å²) >= 11 is 0. The van der Waals surface area contributed by atoms with Crippen LogP contribution in [0.25, 0.3) is 11.0 Å². The second kappa shape index (κ2) is 3.58. The number of aromatic nitrogens is 2. The predicted octanol–water partition coefficient (Wildman–Crippen LogP) is 2.55. The zero-order valence-electron chi connectivity index (χ0n) is 8.34. The number of fused-ring (bicyclic) bond motifs is 1. The number of nitrogens with zero attached hydrogens (tertiary/aromatic N) is 1. The summed E-state index contributed by atoms with van der Waals surface area (Å²) in [4.78, 5) is 6.82. The highest BCUT2D eigenvalue weighted by atomic mass is 19.2. The van der Waals surface area contributed by atoms with E-state index in [1.807, 2.05) is 0 Å². The topological polar surface area (TPSA) is 37.9 Å². The first kappa shape index (κ1) is 10.0. The molecule has 0 bridgehead atoms. The molecular weight excluding hydrogens is 202 g/mol. The van der Waals surface area contributed by atoms with Gasteiger partial charge in [0.05, 0.1) is 5.52 Å². The van der Waals surface area contributed by atoms with Crippen LogP contribution in [0.4, 0.5) is 8.78 Å². The molecule has 3 nitrogen and oxygen atoms in total. The number of nitrogens with one attached hydrogen (secondary N) is 1. The van der Waals surface area contributed by atoms with Crippen LogP contribution >= 0.6 is 0 Å². The Labute approximate surface area is 85.1 Å². The van der Waals surface area contributed by atoms with E-state index in [1.165, 1.54) is 13.2 Å². The molecule has 0 aliphatic heterocycles. The van der Waals surface area contributed by atoms with Crippen molar-refractivity contribution in [1.29, 1.82) is 0 Å². The van der Waals surface area contributed by atoms with Crippen molar-refractivity contribution in [3.8, 4) is 0 Å². The van der Waals surface area contributed by atoms with Crippen molar-refractivity contribution in [2.75, 3.05) is 7.11 Å². The minimum atomic E-state index is -0.932. The number of H-pyrrole nitrogens is 1. The Morgan fingerprint density at radius 1 is 1.40 bits per heavy atom. The van der Waals surface area contributed by atoms with E-state index in [0.717, 1.165) is 6.07 Å². The van der Waals surface area contributed by atoms with E-state index in [9.17, 15) is 8.78 Å². The summed E-state index contributed by atoms with van der Waals surface area (Å²) in [5, 5.41) is 0. The van der Waals surface area contributed by atoms with Gasteiger partial charge in [-0.2, -0.15) is 0 Å². The van der Waals surface area contributed by atoms with E-state index in [0.29, 0.717) is 11.3 Å². The van der Waals surface area contributed by atoms with Gasteiger partial charge in [0.15, 0.2) is 11.6 Å². The molecule has 80 valence electrons. The summed E-state index contributed by atoms with van der Waals surface area (Å²) < 4.78 is 31.2. The van der Waals surface area contributed by atoms with Crippen molar-refractivity contribution in [3.05, 3.63) is 29.6 Å². The van der Waals surface area contributed by atoms with Gasteiger partial charge in [0.2, 0.25) is 0 Å². The molecule has 2 aromatic rings. The fraction of sp³-hybridized carbons (Fsp3) is 0.300. The Balaban J connectivity index is 2.61. The fourth-order valence-electron chi connectivity index (χ4n) is 1.34. The molecule has 1 aromatic heterocycles. The lowest BCUT2D eigenvalue weighted by Crippen LogP contribution is -1.97. The molecule has 0 saturated heterocycles. The van der Waals surface area contributed by atoms with Gasteiger partial charge in [-0.3, -0.25) is 0 Å². The number of rotatable bonds is 2. The van der Waals surface area contributed by atoms with Gasteiger partial charge >= 0.3 is 0 Å². The van der Waals surface area contributed by atoms with Crippen LogP contribution in [0.3, 0.4) is 0 Å². The Morgan fingerprint density at radius 3 is 2.80 bits per heavy atom. The van der Waals surface area contributed by atoms with E-state index in [4.69, 9.17) is 4.74 Å². The maximum atomic E-state index is 13.3. The summed E-state index contributed by atoms with van der Waals surface area (Å²) in [7, 11) is 1.52. The Hall–Kier alpha value is -1.49. The highest BCUT2D eigenvalue weighted by Crippen LogP contribution is 2.21. The molecule has 1 unspecified atom stereocenters. The number of benzene rings is 1. The first-order valence-electron chi connectivity index (χ1n) is 4.50. The van der Waals surface area contributed by atoms with Gasteiger partial charge in [-0.25, -0.2) is 13.8 Å². The molecule has 0 radical (unpaired) electrons. The number of imidazole rings is 1. The van der Waals surface area contributed by atoms with Gasteiger partial charge in [-0.05, 0) is 19.1 Å². The predicted molar refractivity (Wildman–Crippen MR) is 51.4 cm³/mol. The van der Waals surface area contributed by atoms with Crippen LogP contribution in [-0.4, -0.2) is 17.1 Å². The van der Waals surface area contributed by atoms with Crippen molar-refractivity contribution in [2.24, 2.45) is 0 Å². The van der Waals surface area contributed by atoms with Crippen molar-refractivity contribution in [2.45, 2.75) is 13.0 Å². The number of methoxy groups -OCH3 is 1. The van der Waals surface area contributed by atoms with Crippen LogP contribution in [0, 0.1) is 11.6 Å². The van der Waals surface area contributed by atoms with E-state index < -0.39 is 11.6 Å². The van der Waals surface area contributed by atoms with E-state index in [2.05, 4.69) is 9.97 Å². The van der Waals surface area contributed by atoms with Gasteiger partial charge < -0.3 is 9.72 Å². The lowest BCUT2D eigenvalue weighted by molar-refractivity contribution is 0.113. The average Bonchev–Trinajstić information content (AvgIpc) is 2.67. The van der Waals surface area contributed by atoms with Crippen molar-refractivity contribution in [1.82, 2.24) is 9.97 Å². The zero-order chi connectivity index (χ0) is 11.0. The largest absolute Gasteiger partial charge is 0.374 e. The SMILES string of the molecule is COC(C)c1nc2c(F)c(F)ccc2[nH]1. The summed E-state index contributed by atoms with van der Waals surface area (Å²) in [6, 6.07) is 2.52. The summed E-state index contributed by atoms with van der Waals surface area (Å²) in [6.07, 6.45) is -0.278. The average molecular weight is 212 g/mol. The molecule has 0 aliphatic carbocycles. The van der Waals surface area contributed by atoms with Crippen LogP contribution in [0.15, 0.2) is 12.1 Å². The second-order valence-corrected chi connectivity index (χ2v) is 3.26. The third-order valence-electron chi connectivity index (χ3n) is 2.30. The van der Waals surface area contributed by atoms with Gasteiger partial charge in [0.1, 0.15) is 17.4 Å². The molecular formula is C10H10F2N2O. The van der Waals surface area contributed by atoms with Crippen molar-refractivity contribution < 1.29 is 13.5 Å². The number of aromatic amines is 1. The van der Waals surface area contributed by atoms with Crippen LogP contribution in [-0.2, 0) is 4.74 Å². The zero-order valence-corrected chi connectivity index (χ0v) is 8.34. The minimum Gasteiger partial charge on any atom is -0.374 e. The van der Waals surface area contributed by atoms with E-state index >= 15 is 0 Å². The van der Waals surface area contributed by atoms with Crippen LogP contribution in [0.2, 0.25) is 0 Å². The number of hydrogen-bond acceptors (Lipinski definition) is 2. The normalized spacial score (nSPS) is 13.3. The second-order valence-electron chi connectivity index (χ2n) is 3.26. The highest BCUT2D eigenvalue weighted by Gasteiger charge is 2.14. The first-order chi connectivity index (χ1) is 7.13. The molecule has 2 rings (SSSR count). The maximum absolute atomic E-state index is 13.3. The lowest BCUT2D eigenvalue weighted by atomic mass is 10.3. The molecule has 5 heteroatoms. The third-order valence-corrected chi connectivity index (χ3v) is 2.30. The lowest BCUT2D eigenvalue weighted by Gasteiger charge is -2.03.